The van der Waals surface area contributed by atoms with Crippen LogP contribution in [0.2, 0.25) is 0 Å². The van der Waals surface area contributed by atoms with E-state index in [9.17, 15) is 68.9 Å². The zero-order valence-corrected chi connectivity index (χ0v) is 28.3. The number of benzene rings is 2. The number of hydrogen-bond acceptors (Lipinski definition) is 8. The molecule has 0 unspecified atom stereocenters. The monoisotopic (exact) mass is 806 g/mol. The van der Waals surface area contributed by atoms with E-state index in [1.54, 1.807) is 0 Å². The Kier molecular flexibility index (Phi) is 18.0. The van der Waals surface area contributed by atoms with Gasteiger partial charge in [0.15, 0.2) is 11.6 Å². The minimum absolute atomic E-state index is 0.0943. The van der Waals surface area contributed by atoms with E-state index in [-0.39, 0.29) is 37.8 Å². The van der Waals surface area contributed by atoms with Crippen molar-refractivity contribution < 1.29 is 88.7 Å². The number of carboxylic acids is 4. The maximum absolute atomic E-state index is 13.9. The van der Waals surface area contributed by atoms with Crippen LogP contribution in [0, 0.1) is 17.5 Å². The van der Waals surface area contributed by atoms with Crippen molar-refractivity contribution in [2.45, 2.75) is 81.6 Å². The number of aryl methyl sites for hydroxylation is 1. The van der Waals surface area contributed by atoms with Gasteiger partial charge < -0.3 is 36.4 Å². The summed E-state index contributed by atoms with van der Waals surface area (Å²) < 4.78 is 104. The molecular formula is C32H35F9N4O10. The lowest BCUT2D eigenvalue weighted by Gasteiger charge is -2.27. The Hall–Kier alpha value is -5.45. The van der Waals surface area contributed by atoms with Crippen molar-refractivity contribution in [2.24, 2.45) is 5.73 Å². The summed E-state index contributed by atoms with van der Waals surface area (Å²) >= 11 is 0. The van der Waals surface area contributed by atoms with Crippen LogP contribution in [0.4, 0.5) is 39.5 Å². The van der Waals surface area contributed by atoms with Gasteiger partial charge in [0.2, 0.25) is 11.8 Å². The Labute approximate surface area is 305 Å². The normalized spacial score (nSPS) is 17.0. The summed E-state index contributed by atoms with van der Waals surface area (Å²) in [5.41, 5.74) is 6.63. The van der Waals surface area contributed by atoms with Gasteiger partial charge in [-0.05, 0) is 43.4 Å². The average molecular weight is 807 g/mol. The number of carbonyl (C=O) groups excluding carboxylic acids is 2. The Bertz CT molecular complexity index is 1640. The molecule has 0 radical (unpaired) electrons. The molecule has 1 aliphatic rings. The summed E-state index contributed by atoms with van der Waals surface area (Å²) in [6.45, 7) is 1.31. The molecule has 2 aromatic rings. The predicted octanol–water partition coefficient (Wildman–Crippen LogP) is 2.86. The molecule has 2 amide bonds. The van der Waals surface area contributed by atoms with E-state index < -0.39 is 95.7 Å². The Morgan fingerprint density at radius 3 is 1.84 bits per heavy atom. The van der Waals surface area contributed by atoms with Gasteiger partial charge in [0.05, 0.1) is 6.04 Å². The molecule has 2 aromatic carbocycles. The van der Waals surface area contributed by atoms with Crippen LogP contribution >= 0.6 is 0 Å². The second kappa shape index (κ2) is 20.9. The molecule has 8 N–H and O–H groups in total. The number of nitrogens with zero attached hydrogens (tertiary/aromatic N) is 1. The highest BCUT2D eigenvalue weighted by Gasteiger charge is 2.42. The molecule has 0 saturated carbocycles. The van der Waals surface area contributed by atoms with Crippen molar-refractivity contribution in [2.75, 3.05) is 6.54 Å². The maximum atomic E-state index is 13.9. The van der Waals surface area contributed by atoms with Crippen LogP contribution in [0.15, 0.2) is 42.5 Å². The van der Waals surface area contributed by atoms with Crippen molar-refractivity contribution in [3.63, 3.8) is 0 Å². The van der Waals surface area contributed by atoms with Crippen LogP contribution in [0.3, 0.4) is 0 Å². The number of carbonyl (C=O) groups is 6. The molecule has 5 atom stereocenters. The largest absolute Gasteiger partial charge is 0.490 e. The topological polar surface area (TPSA) is 237 Å². The Morgan fingerprint density at radius 2 is 1.36 bits per heavy atom. The van der Waals surface area contributed by atoms with Gasteiger partial charge in [-0.2, -0.15) is 26.3 Å². The first-order chi connectivity index (χ1) is 25.2. The summed E-state index contributed by atoms with van der Waals surface area (Å²) in [6, 6.07) is 5.27. The third kappa shape index (κ3) is 16.6. The molecule has 306 valence electrons. The number of nitrogens with one attached hydrogen (secondary N) is 2. The summed E-state index contributed by atoms with van der Waals surface area (Å²) in [5.74, 6) is -12.8. The van der Waals surface area contributed by atoms with E-state index in [4.69, 9.17) is 25.5 Å². The summed E-state index contributed by atoms with van der Waals surface area (Å²) in [4.78, 5) is 68.3. The average Bonchev–Trinajstić information content (AvgIpc) is 3.48. The fraction of sp³-hybridized carbons (Fsp3) is 0.438. The number of amides is 2. The highest BCUT2D eigenvalue weighted by molar-refractivity contribution is 5.88. The standard InChI is InChI=1S/C28H33F3N4O6.2C2HF3O2/c1-15(33-23(27(38)39)8-7-16-5-3-2-4-6-16)26(37)35-14-19(12-24(35)28(40)41)34-25(36)11-18(32)9-17-10-21(30)22(31)13-20(17)29;2*3-2(4,5)1(6)7/h2-6,10,13,15,18-19,23-24,33H,7-9,11-12,14,32H2,1H3,(H,34,36)(H,38,39)(H,40,41);2*(H,6,7)/t15-,18+,19-,23-,24-;;/m0../s1. The minimum atomic E-state index is -5.08. The van der Waals surface area contributed by atoms with Crippen molar-refractivity contribution in [3.05, 3.63) is 71.0 Å². The van der Waals surface area contributed by atoms with Crippen LogP contribution in [-0.4, -0.2) is 110 Å². The highest BCUT2D eigenvalue weighted by atomic mass is 19.4. The summed E-state index contributed by atoms with van der Waals surface area (Å²) in [6.07, 6.45) is -10.2. The van der Waals surface area contributed by atoms with Gasteiger partial charge in [-0.15, -0.1) is 0 Å². The van der Waals surface area contributed by atoms with E-state index in [0.717, 1.165) is 10.5 Å². The van der Waals surface area contributed by atoms with E-state index in [1.165, 1.54) is 6.92 Å². The molecule has 55 heavy (non-hydrogen) atoms. The molecule has 14 nitrogen and oxygen atoms in total. The number of halogens is 9. The molecule has 3 rings (SSSR count). The first kappa shape index (κ1) is 47.6. The second-order valence-corrected chi connectivity index (χ2v) is 11.8. The van der Waals surface area contributed by atoms with Crippen LogP contribution < -0.4 is 16.4 Å². The van der Waals surface area contributed by atoms with E-state index in [2.05, 4.69) is 10.6 Å². The van der Waals surface area contributed by atoms with Gasteiger partial charge in [0.25, 0.3) is 0 Å². The molecule has 1 saturated heterocycles. The van der Waals surface area contributed by atoms with Crippen molar-refractivity contribution >= 4 is 35.7 Å². The number of alkyl halides is 6. The fourth-order valence-electron chi connectivity index (χ4n) is 4.87. The third-order valence-electron chi connectivity index (χ3n) is 7.42. The number of aliphatic carboxylic acids is 4. The molecule has 23 heteroatoms. The SMILES string of the molecule is C[C@H](N[C@@H](CCc1ccccc1)C(=O)O)C(=O)N1C[C@@H](NC(=O)C[C@H](N)Cc2cc(F)c(F)cc2F)C[C@H]1C(=O)O.O=C(O)C(F)(F)F.O=C(O)C(F)(F)F. The van der Waals surface area contributed by atoms with Crippen LogP contribution in [0.1, 0.15) is 37.3 Å². The third-order valence-corrected chi connectivity index (χ3v) is 7.42. The molecular weight excluding hydrogens is 771 g/mol. The molecule has 0 aromatic heterocycles. The lowest BCUT2D eigenvalue weighted by Crippen LogP contribution is -2.53. The number of carboxylic acid groups (broad SMARTS) is 4. The lowest BCUT2D eigenvalue weighted by atomic mass is 10.0. The fourth-order valence-corrected chi connectivity index (χ4v) is 4.87. The molecule has 1 fully saturated rings. The van der Waals surface area contributed by atoms with Gasteiger partial charge in [0.1, 0.15) is 17.9 Å². The summed E-state index contributed by atoms with van der Waals surface area (Å²) in [7, 11) is 0. The molecule has 0 spiro atoms. The van der Waals surface area contributed by atoms with Gasteiger partial charge in [0, 0.05) is 37.5 Å². The smallest absolute Gasteiger partial charge is 0.480 e. The molecule has 0 aliphatic carbocycles. The van der Waals surface area contributed by atoms with Crippen LogP contribution in [0.25, 0.3) is 0 Å². The zero-order chi connectivity index (χ0) is 42.4. The Balaban J connectivity index is 0.000000913. The molecule has 0 bridgehead atoms. The lowest BCUT2D eigenvalue weighted by molar-refractivity contribution is -0.193. The first-order valence-electron chi connectivity index (χ1n) is 15.6. The van der Waals surface area contributed by atoms with Crippen molar-refractivity contribution in [1.82, 2.24) is 15.5 Å². The predicted molar refractivity (Wildman–Crippen MR) is 168 cm³/mol. The van der Waals surface area contributed by atoms with Crippen LogP contribution in [-0.2, 0) is 41.6 Å². The molecule has 1 aliphatic heterocycles. The van der Waals surface area contributed by atoms with E-state index >= 15 is 0 Å². The van der Waals surface area contributed by atoms with Gasteiger partial charge in [-0.3, -0.25) is 19.7 Å². The quantitative estimate of drug-likeness (QED) is 0.114. The number of nitrogens with two attached hydrogens (primary N) is 1. The zero-order valence-electron chi connectivity index (χ0n) is 28.3. The Morgan fingerprint density at radius 1 is 0.855 bits per heavy atom. The van der Waals surface area contributed by atoms with Crippen LogP contribution in [0.5, 0.6) is 0 Å². The maximum Gasteiger partial charge on any atom is 0.490 e. The van der Waals surface area contributed by atoms with Crippen molar-refractivity contribution in [1.29, 1.82) is 0 Å². The summed E-state index contributed by atoms with van der Waals surface area (Å²) in [5, 5.41) is 39.0. The number of likely N-dealkylation sites (tertiary alicyclic amines) is 1. The van der Waals surface area contributed by atoms with Gasteiger partial charge in [-0.25, -0.2) is 27.6 Å². The first-order valence-corrected chi connectivity index (χ1v) is 15.6. The highest BCUT2D eigenvalue weighted by Crippen LogP contribution is 2.21. The van der Waals surface area contributed by atoms with Gasteiger partial charge in [-0.1, -0.05) is 30.3 Å². The van der Waals surface area contributed by atoms with E-state index in [0.29, 0.717) is 18.6 Å². The number of hydrogen-bond donors (Lipinski definition) is 7. The second-order valence-electron chi connectivity index (χ2n) is 11.8. The van der Waals surface area contributed by atoms with Crippen molar-refractivity contribution in [3.8, 4) is 0 Å². The minimum Gasteiger partial charge on any atom is -0.480 e. The number of rotatable bonds is 13. The van der Waals surface area contributed by atoms with Gasteiger partial charge >= 0.3 is 36.2 Å². The molecule has 1 heterocycles. The van der Waals surface area contributed by atoms with E-state index in [1.807, 2.05) is 30.3 Å².